The van der Waals surface area contributed by atoms with Crippen LogP contribution in [0.3, 0.4) is 0 Å². The molecule has 2 rings (SSSR count). The second kappa shape index (κ2) is 10.7. The molecule has 1 aromatic carbocycles. The van der Waals surface area contributed by atoms with Crippen LogP contribution >= 0.6 is 0 Å². The number of guanidine groups is 1. The van der Waals surface area contributed by atoms with Gasteiger partial charge in [0.25, 0.3) is 0 Å². The number of rotatable bonds is 9. The van der Waals surface area contributed by atoms with E-state index < -0.39 is 0 Å². The predicted molar refractivity (Wildman–Crippen MR) is 116 cm³/mol. The minimum atomic E-state index is 0.457. The van der Waals surface area contributed by atoms with E-state index in [2.05, 4.69) is 55.6 Å². The summed E-state index contributed by atoms with van der Waals surface area (Å²) in [5.74, 6) is 2.23. The molecular formula is C22H35N5O. The largest absolute Gasteiger partial charge is 0.497 e. The zero-order valence-electron chi connectivity index (χ0n) is 18.2. The van der Waals surface area contributed by atoms with Gasteiger partial charge in [0.05, 0.1) is 12.8 Å². The van der Waals surface area contributed by atoms with Gasteiger partial charge in [-0.3, -0.25) is 9.67 Å². The average Bonchev–Trinajstić information content (AvgIpc) is 2.93. The molecule has 0 amide bonds. The van der Waals surface area contributed by atoms with Gasteiger partial charge in [-0.05, 0) is 62.8 Å². The monoisotopic (exact) mass is 385 g/mol. The van der Waals surface area contributed by atoms with Crippen LogP contribution in [0.4, 0.5) is 0 Å². The zero-order valence-corrected chi connectivity index (χ0v) is 18.2. The van der Waals surface area contributed by atoms with Gasteiger partial charge < -0.3 is 15.4 Å². The van der Waals surface area contributed by atoms with Gasteiger partial charge >= 0.3 is 0 Å². The second-order valence-corrected chi connectivity index (χ2v) is 7.17. The van der Waals surface area contributed by atoms with Crippen molar-refractivity contribution in [1.82, 2.24) is 20.4 Å². The molecule has 6 heteroatoms. The number of ether oxygens (including phenoxy) is 1. The molecule has 1 atom stereocenters. The maximum absolute atomic E-state index is 5.23. The quantitative estimate of drug-likeness (QED) is 0.513. The van der Waals surface area contributed by atoms with Crippen LogP contribution < -0.4 is 15.4 Å². The van der Waals surface area contributed by atoms with E-state index in [-0.39, 0.29) is 0 Å². The summed E-state index contributed by atoms with van der Waals surface area (Å²) in [6, 6.07) is 8.30. The minimum absolute atomic E-state index is 0.457. The lowest BCUT2D eigenvalue weighted by molar-refractivity contribution is 0.414. The molecule has 2 aromatic rings. The SMILES string of the molecule is CCNC(=NCCC(C)c1ccc(OC)cc1)NCCc1c(C)nn(C)c1C. The summed E-state index contributed by atoms with van der Waals surface area (Å²) >= 11 is 0. The van der Waals surface area contributed by atoms with Gasteiger partial charge in [0.15, 0.2) is 5.96 Å². The molecule has 154 valence electrons. The number of nitrogens with zero attached hydrogens (tertiary/aromatic N) is 3. The van der Waals surface area contributed by atoms with Crippen molar-refractivity contribution in [3.05, 3.63) is 46.8 Å². The number of aromatic nitrogens is 2. The highest BCUT2D eigenvalue weighted by molar-refractivity contribution is 5.79. The third kappa shape index (κ3) is 6.01. The lowest BCUT2D eigenvalue weighted by Gasteiger charge is -2.14. The van der Waals surface area contributed by atoms with Crippen LogP contribution in [0.15, 0.2) is 29.3 Å². The molecule has 0 aliphatic heterocycles. The molecule has 1 heterocycles. The number of methoxy groups -OCH3 is 1. The summed E-state index contributed by atoms with van der Waals surface area (Å²) in [5.41, 5.74) is 4.97. The Morgan fingerprint density at radius 3 is 2.50 bits per heavy atom. The molecule has 28 heavy (non-hydrogen) atoms. The Balaban J connectivity index is 1.85. The van der Waals surface area contributed by atoms with Crippen LogP contribution in [-0.4, -0.2) is 42.5 Å². The van der Waals surface area contributed by atoms with Gasteiger partial charge in [-0.2, -0.15) is 5.10 Å². The summed E-state index contributed by atoms with van der Waals surface area (Å²) in [5, 5.41) is 11.3. The molecule has 0 radical (unpaired) electrons. The molecule has 1 unspecified atom stereocenters. The Bertz CT molecular complexity index is 764. The van der Waals surface area contributed by atoms with Crippen LogP contribution in [0.5, 0.6) is 5.75 Å². The summed E-state index contributed by atoms with van der Waals surface area (Å²) in [7, 11) is 3.69. The second-order valence-electron chi connectivity index (χ2n) is 7.17. The van der Waals surface area contributed by atoms with Crippen LogP contribution in [-0.2, 0) is 13.5 Å². The fourth-order valence-electron chi connectivity index (χ4n) is 3.30. The Kier molecular flexibility index (Phi) is 8.36. The van der Waals surface area contributed by atoms with E-state index in [1.54, 1.807) is 7.11 Å². The molecule has 2 N–H and O–H groups in total. The van der Waals surface area contributed by atoms with Crippen molar-refractivity contribution in [3.63, 3.8) is 0 Å². The van der Waals surface area contributed by atoms with Crippen molar-refractivity contribution in [1.29, 1.82) is 0 Å². The summed E-state index contributed by atoms with van der Waals surface area (Å²) in [4.78, 5) is 4.74. The first-order chi connectivity index (χ1) is 13.5. The Labute approximate surface area is 169 Å². The first-order valence-electron chi connectivity index (χ1n) is 10.1. The predicted octanol–water partition coefficient (Wildman–Crippen LogP) is 3.34. The molecule has 0 saturated carbocycles. The van der Waals surface area contributed by atoms with E-state index in [4.69, 9.17) is 9.73 Å². The molecule has 6 nitrogen and oxygen atoms in total. The molecule has 0 aliphatic rings. The number of benzene rings is 1. The van der Waals surface area contributed by atoms with Gasteiger partial charge in [-0.15, -0.1) is 0 Å². The van der Waals surface area contributed by atoms with Crippen molar-refractivity contribution in [2.75, 3.05) is 26.7 Å². The highest BCUT2D eigenvalue weighted by Gasteiger charge is 2.09. The van der Waals surface area contributed by atoms with Gasteiger partial charge in [0.1, 0.15) is 5.75 Å². The lowest BCUT2D eigenvalue weighted by Crippen LogP contribution is -2.38. The molecule has 1 aromatic heterocycles. The van der Waals surface area contributed by atoms with E-state index >= 15 is 0 Å². The van der Waals surface area contributed by atoms with Crippen molar-refractivity contribution >= 4 is 5.96 Å². The Morgan fingerprint density at radius 1 is 1.21 bits per heavy atom. The molecule has 0 saturated heterocycles. The minimum Gasteiger partial charge on any atom is -0.497 e. The van der Waals surface area contributed by atoms with Gasteiger partial charge in [0, 0.05) is 32.4 Å². The molecule has 0 bridgehead atoms. The average molecular weight is 386 g/mol. The fourth-order valence-corrected chi connectivity index (χ4v) is 3.30. The van der Waals surface area contributed by atoms with E-state index in [0.29, 0.717) is 5.92 Å². The van der Waals surface area contributed by atoms with Gasteiger partial charge in [-0.1, -0.05) is 19.1 Å². The van der Waals surface area contributed by atoms with Crippen molar-refractivity contribution in [3.8, 4) is 5.75 Å². The Hall–Kier alpha value is -2.50. The first kappa shape index (κ1) is 21.8. The van der Waals surface area contributed by atoms with Gasteiger partial charge in [0.2, 0.25) is 0 Å². The topological polar surface area (TPSA) is 63.5 Å². The first-order valence-corrected chi connectivity index (χ1v) is 10.1. The van der Waals surface area contributed by atoms with Crippen molar-refractivity contribution in [2.24, 2.45) is 12.0 Å². The number of hydrogen-bond acceptors (Lipinski definition) is 3. The highest BCUT2D eigenvalue weighted by Crippen LogP contribution is 2.21. The third-order valence-corrected chi connectivity index (χ3v) is 5.19. The molecule has 0 aliphatic carbocycles. The number of aryl methyl sites for hydroxylation is 2. The number of hydrogen-bond donors (Lipinski definition) is 2. The molecule has 0 spiro atoms. The number of aliphatic imine (C=N–C) groups is 1. The Morgan fingerprint density at radius 2 is 1.93 bits per heavy atom. The molecular weight excluding hydrogens is 350 g/mol. The number of nitrogens with one attached hydrogen (secondary N) is 2. The van der Waals surface area contributed by atoms with E-state index in [1.165, 1.54) is 16.8 Å². The van der Waals surface area contributed by atoms with Crippen molar-refractivity contribution in [2.45, 2.75) is 46.5 Å². The maximum atomic E-state index is 5.23. The summed E-state index contributed by atoms with van der Waals surface area (Å²) < 4.78 is 7.18. The molecule has 0 fully saturated rings. The lowest BCUT2D eigenvalue weighted by atomic mass is 9.98. The van der Waals surface area contributed by atoms with Crippen LogP contribution in [0.25, 0.3) is 0 Å². The standard InChI is InChI=1S/C22H35N5O/c1-7-23-22(25-15-13-21-17(3)26-27(5)18(21)4)24-14-12-16(2)19-8-10-20(28-6)11-9-19/h8-11,16H,7,12-15H2,1-6H3,(H2,23,24,25). The summed E-state index contributed by atoms with van der Waals surface area (Å²) in [6.45, 7) is 11.0. The smallest absolute Gasteiger partial charge is 0.191 e. The van der Waals surface area contributed by atoms with E-state index in [1.807, 2.05) is 23.9 Å². The summed E-state index contributed by atoms with van der Waals surface area (Å²) in [6.07, 6.45) is 1.95. The normalized spacial score (nSPS) is 12.7. The van der Waals surface area contributed by atoms with E-state index in [9.17, 15) is 0 Å². The van der Waals surface area contributed by atoms with E-state index in [0.717, 1.165) is 49.9 Å². The zero-order chi connectivity index (χ0) is 20.5. The van der Waals surface area contributed by atoms with Crippen LogP contribution in [0.2, 0.25) is 0 Å². The van der Waals surface area contributed by atoms with Gasteiger partial charge in [-0.25, -0.2) is 0 Å². The van der Waals surface area contributed by atoms with Crippen LogP contribution in [0, 0.1) is 13.8 Å². The fraction of sp³-hybridized carbons (Fsp3) is 0.545. The van der Waals surface area contributed by atoms with Crippen molar-refractivity contribution < 1.29 is 4.74 Å². The highest BCUT2D eigenvalue weighted by atomic mass is 16.5. The third-order valence-electron chi connectivity index (χ3n) is 5.19. The maximum Gasteiger partial charge on any atom is 0.191 e. The van der Waals surface area contributed by atoms with Crippen LogP contribution in [0.1, 0.15) is 48.7 Å².